The van der Waals surface area contributed by atoms with Crippen LogP contribution in [0.4, 0.5) is 0 Å². The molecule has 0 heterocycles. The molecular formula is C18H16O5. The van der Waals surface area contributed by atoms with E-state index in [0.717, 1.165) is 5.56 Å². The monoisotopic (exact) mass is 312 g/mol. The third-order valence-corrected chi connectivity index (χ3v) is 3.87. The lowest BCUT2D eigenvalue weighted by molar-refractivity contribution is 0.104. The van der Waals surface area contributed by atoms with Crippen LogP contribution in [-0.2, 0) is 6.42 Å². The number of ether oxygens (including phenoxy) is 2. The van der Waals surface area contributed by atoms with E-state index in [1.54, 1.807) is 31.4 Å². The van der Waals surface area contributed by atoms with Gasteiger partial charge in [0, 0.05) is 17.6 Å². The number of Topliss-reactive ketones (excluding diaryl/α,β-unsaturated/α-hetero) is 1. The molecule has 0 unspecified atom stereocenters. The summed E-state index contributed by atoms with van der Waals surface area (Å²) < 4.78 is 10.5. The first-order valence-electron chi connectivity index (χ1n) is 7.05. The van der Waals surface area contributed by atoms with Crippen LogP contribution in [0.25, 0.3) is 6.08 Å². The quantitative estimate of drug-likeness (QED) is 0.673. The van der Waals surface area contributed by atoms with Crippen molar-refractivity contribution in [1.82, 2.24) is 0 Å². The predicted molar refractivity (Wildman–Crippen MR) is 85.3 cm³/mol. The number of carbonyl (C=O) groups excluding carboxylic acids is 1. The molecule has 2 aromatic rings. The van der Waals surface area contributed by atoms with Crippen molar-refractivity contribution in [2.24, 2.45) is 0 Å². The van der Waals surface area contributed by atoms with E-state index in [4.69, 9.17) is 9.47 Å². The van der Waals surface area contributed by atoms with E-state index < -0.39 is 0 Å². The van der Waals surface area contributed by atoms with Crippen molar-refractivity contribution in [3.63, 3.8) is 0 Å². The Hall–Kier alpha value is -2.95. The number of methoxy groups -OCH3 is 2. The zero-order valence-corrected chi connectivity index (χ0v) is 12.8. The highest BCUT2D eigenvalue weighted by Gasteiger charge is 2.27. The molecule has 0 radical (unpaired) electrons. The molecule has 2 aromatic carbocycles. The van der Waals surface area contributed by atoms with Crippen LogP contribution < -0.4 is 9.47 Å². The molecule has 0 amide bonds. The van der Waals surface area contributed by atoms with Gasteiger partial charge in [0.05, 0.1) is 14.2 Å². The molecule has 0 aromatic heterocycles. The second kappa shape index (κ2) is 5.68. The molecule has 0 bridgehead atoms. The average molecular weight is 312 g/mol. The largest absolute Gasteiger partial charge is 0.504 e. The summed E-state index contributed by atoms with van der Waals surface area (Å²) in [5.41, 5.74) is 2.73. The first kappa shape index (κ1) is 15.0. The Kier molecular flexibility index (Phi) is 3.70. The first-order chi connectivity index (χ1) is 11.0. The van der Waals surface area contributed by atoms with E-state index in [9.17, 15) is 15.0 Å². The van der Waals surface area contributed by atoms with Gasteiger partial charge in [-0.3, -0.25) is 4.79 Å². The summed E-state index contributed by atoms with van der Waals surface area (Å²) in [6.07, 6.45) is 2.19. The van der Waals surface area contributed by atoms with Crippen molar-refractivity contribution in [2.45, 2.75) is 6.42 Å². The maximum absolute atomic E-state index is 12.5. The molecule has 118 valence electrons. The highest BCUT2D eigenvalue weighted by atomic mass is 16.5. The Labute approximate surface area is 133 Å². The Morgan fingerprint density at radius 1 is 1.00 bits per heavy atom. The Balaban J connectivity index is 1.99. The average Bonchev–Trinajstić information content (AvgIpc) is 2.85. The normalized spacial score (nSPS) is 14.9. The summed E-state index contributed by atoms with van der Waals surface area (Å²) in [5, 5.41) is 18.9. The number of fused-ring (bicyclic) bond motifs is 1. The molecule has 1 aliphatic rings. The van der Waals surface area contributed by atoms with Crippen molar-refractivity contribution < 1.29 is 24.5 Å². The molecule has 3 rings (SSSR count). The standard InChI is InChI=1S/C18H16O5/c1-22-16-8-11-7-12(18(21)13(11)9-17(16)23-2)5-10-3-4-14(19)15(20)6-10/h3-6,8-9,19-20H,7H2,1-2H3/b12-5+. The molecule has 5 heteroatoms. The van der Waals surface area contributed by atoms with Crippen molar-refractivity contribution >= 4 is 11.9 Å². The fourth-order valence-corrected chi connectivity index (χ4v) is 2.69. The van der Waals surface area contributed by atoms with Crippen LogP contribution in [0.1, 0.15) is 21.5 Å². The van der Waals surface area contributed by atoms with Gasteiger partial charge < -0.3 is 19.7 Å². The Bertz CT molecular complexity index is 820. The molecular weight excluding hydrogens is 296 g/mol. The number of hydrogen-bond acceptors (Lipinski definition) is 5. The van der Waals surface area contributed by atoms with Crippen LogP contribution in [0.2, 0.25) is 0 Å². The second-order valence-electron chi connectivity index (χ2n) is 5.29. The number of phenols is 2. The third kappa shape index (κ3) is 2.61. The Morgan fingerprint density at radius 3 is 2.35 bits per heavy atom. The van der Waals surface area contributed by atoms with E-state index in [-0.39, 0.29) is 17.3 Å². The molecule has 0 saturated carbocycles. The number of hydrogen-bond donors (Lipinski definition) is 2. The molecule has 0 atom stereocenters. The summed E-state index contributed by atoms with van der Waals surface area (Å²) in [7, 11) is 3.08. The van der Waals surface area contributed by atoms with Gasteiger partial charge in [0.25, 0.3) is 0 Å². The molecule has 2 N–H and O–H groups in total. The molecule has 23 heavy (non-hydrogen) atoms. The second-order valence-corrected chi connectivity index (χ2v) is 5.29. The van der Waals surface area contributed by atoms with Crippen LogP contribution in [0, 0.1) is 0 Å². The predicted octanol–water partition coefficient (Wildman–Crippen LogP) is 2.94. The van der Waals surface area contributed by atoms with E-state index in [0.29, 0.717) is 34.6 Å². The number of allylic oxidation sites excluding steroid dienone is 1. The van der Waals surface area contributed by atoms with Crippen LogP contribution in [0.15, 0.2) is 35.9 Å². The van der Waals surface area contributed by atoms with Crippen molar-refractivity contribution in [2.75, 3.05) is 14.2 Å². The van der Waals surface area contributed by atoms with Gasteiger partial charge in [0.1, 0.15) is 0 Å². The van der Waals surface area contributed by atoms with E-state index in [1.165, 1.54) is 19.2 Å². The van der Waals surface area contributed by atoms with Crippen molar-refractivity contribution in [1.29, 1.82) is 0 Å². The summed E-state index contributed by atoms with van der Waals surface area (Å²) in [6.45, 7) is 0. The maximum Gasteiger partial charge on any atom is 0.189 e. The molecule has 0 saturated heterocycles. The van der Waals surface area contributed by atoms with Crippen LogP contribution in [-0.4, -0.2) is 30.2 Å². The Morgan fingerprint density at radius 2 is 1.70 bits per heavy atom. The summed E-state index contributed by atoms with van der Waals surface area (Å²) in [6, 6.07) is 7.94. The minimum absolute atomic E-state index is 0.0754. The lowest BCUT2D eigenvalue weighted by Crippen LogP contribution is -1.97. The molecule has 0 fully saturated rings. The number of carbonyl (C=O) groups is 1. The topological polar surface area (TPSA) is 76.0 Å². The van der Waals surface area contributed by atoms with Gasteiger partial charge in [-0.05, 0) is 41.5 Å². The van der Waals surface area contributed by atoms with Gasteiger partial charge in [-0.2, -0.15) is 0 Å². The maximum atomic E-state index is 12.5. The SMILES string of the molecule is COc1cc2c(cc1OC)C(=O)/C(=C/c1ccc(O)c(O)c1)C2. The number of aromatic hydroxyl groups is 2. The minimum atomic E-state index is -0.217. The van der Waals surface area contributed by atoms with Gasteiger partial charge in [0.15, 0.2) is 28.8 Å². The van der Waals surface area contributed by atoms with Crippen LogP contribution in [0.5, 0.6) is 23.0 Å². The number of ketones is 1. The molecule has 1 aliphatic carbocycles. The van der Waals surface area contributed by atoms with E-state index >= 15 is 0 Å². The minimum Gasteiger partial charge on any atom is -0.504 e. The van der Waals surface area contributed by atoms with E-state index in [2.05, 4.69) is 0 Å². The van der Waals surface area contributed by atoms with Crippen LogP contribution >= 0.6 is 0 Å². The fourth-order valence-electron chi connectivity index (χ4n) is 2.69. The summed E-state index contributed by atoms with van der Waals surface area (Å²) >= 11 is 0. The smallest absolute Gasteiger partial charge is 0.189 e. The molecule has 0 aliphatic heterocycles. The first-order valence-corrected chi connectivity index (χ1v) is 7.05. The van der Waals surface area contributed by atoms with Gasteiger partial charge in [-0.25, -0.2) is 0 Å². The van der Waals surface area contributed by atoms with Crippen molar-refractivity contribution in [3.05, 3.63) is 52.6 Å². The zero-order valence-electron chi connectivity index (χ0n) is 12.8. The van der Waals surface area contributed by atoms with Gasteiger partial charge in [-0.1, -0.05) is 6.07 Å². The van der Waals surface area contributed by atoms with Crippen molar-refractivity contribution in [3.8, 4) is 23.0 Å². The number of rotatable bonds is 3. The third-order valence-electron chi connectivity index (χ3n) is 3.87. The highest BCUT2D eigenvalue weighted by molar-refractivity contribution is 6.16. The van der Waals surface area contributed by atoms with Gasteiger partial charge in [-0.15, -0.1) is 0 Å². The van der Waals surface area contributed by atoms with Gasteiger partial charge in [0.2, 0.25) is 0 Å². The van der Waals surface area contributed by atoms with Gasteiger partial charge >= 0.3 is 0 Å². The number of benzene rings is 2. The molecule has 5 nitrogen and oxygen atoms in total. The van der Waals surface area contributed by atoms with E-state index in [1.807, 2.05) is 0 Å². The number of phenolic OH excluding ortho intramolecular Hbond substituents is 2. The van der Waals surface area contributed by atoms with Crippen LogP contribution in [0.3, 0.4) is 0 Å². The summed E-state index contributed by atoms with van der Waals surface area (Å²) in [4.78, 5) is 12.5. The zero-order chi connectivity index (χ0) is 16.6. The molecule has 0 spiro atoms. The fraction of sp³-hybridized carbons (Fsp3) is 0.167. The summed E-state index contributed by atoms with van der Waals surface area (Å²) in [5.74, 6) is 0.618. The lowest BCUT2D eigenvalue weighted by Gasteiger charge is -2.08. The lowest BCUT2D eigenvalue weighted by atomic mass is 10.1. The highest BCUT2D eigenvalue weighted by Crippen LogP contribution is 2.37.